The Labute approximate surface area is 170 Å². The van der Waals surface area contributed by atoms with Crippen LogP contribution in [0.1, 0.15) is 30.5 Å². The van der Waals surface area contributed by atoms with Gasteiger partial charge in [-0.3, -0.25) is 4.98 Å². The second-order valence-electron chi connectivity index (χ2n) is 8.20. The Morgan fingerprint density at radius 2 is 1.59 bits per heavy atom. The van der Waals surface area contributed by atoms with Gasteiger partial charge in [-0.1, -0.05) is 68.4 Å². The van der Waals surface area contributed by atoms with E-state index in [9.17, 15) is 0 Å². The van der Waals surface area contributed by atoms with Crippen molar-refractivity contribution in [3.05, 3.63) is 102 Å². The minimum absolute atomic E-state index is 0.113. The molecule has 0 bridgehead atoms. The lowest BCUT2D eigenvalue weighted by Crippen LogP contribution is -2.18. The summed E-state index contributed by atoms with van der Waals surface area (Å²) in [6.07, 6.45) is 1.90. The van der Waals surface area contributed by atoms with Crippen molar-refractivity contribution >= 4 is 21.9 Å². The van der Waals surface area contributed by atoms with E-state index >= 15 is 0 Å². The van der Waals surface area contributed by atoms with Crippen LogP contribution in [0.4, 0.5) is 0 Å². The summed E-state index contributed by atoms with van der Waals surface area (Å²) in [5, 5.41) is 2.28. The Balaban J connectivity index is 1.68. The summed E-state index contributed by atoms with van der Waals surface area (Å²) in [4.78, 5) is 4.69. The highest BCUT2D eigenvalue weighted by molar-refractivity contribution is 6.09. The van der Waals surface area contributed by atoms with Crippen molar-refractivity contribution in [2.75, 3.05) is 0 Å². The SMILES string of the molecule is Cc1ccc2c(c1)oc1c(-c3cc(C(C)(C)c4ccccc4)ccn3)cccc12. The molecule has 0 saturated carbocycles. The summed E-state index contributed by atoms with van der Waals surface area (Å²) in [5.41, 5.74) is 7.39. The number of hydrogen-bond acceptors (Lipinski definition) is 2. The van der Waals surface area contributed by atoms with Gasteiger partial charge in [-0.2, -0.15) is 0 Å². The van der Waals surface area contributed by atoms with Crippen LogP contribution in [0.15, 0.2) is 89.5 Å². The number of para-hydroxylation sites is 1. The molecule has 5 aromatic rings. The van der Waals surface area contributed by atoms with Gasteiger partial charge < -0.3 is 4.42 Å². The molecule has 0 spiro atoms. The van der Waals surface area contributed by atoms with Gasteiger partial charge in [-0.15, -0.1) is 0 Å². The molecule has 0 radical (unpaired) electrons. The third kappa shape index (κ3) is 2.92. The van der Waals surface area contributed by atoms with E-state index in [0.717, 1.165) is 33.2 Å². The molecule has 0 aliphatic heterocycles. The van der Waals surface area contributed by atoms with Crippen LogP contribution in [0.3, 0.4) is 0 Å². The molecule has 29 heavy (non-hydrogen) atoms. The van der Waals surface area contributed by atoms with Gasteiger partial charge >= 0.3 is 0 Å². The van der Waals surface area contributed by atoms with Gasteiger partial charge in [0, 0.05) is 27.9 Å². The van der Waals surface area contributed by atoms with E-state index in [1.165, 1.54) is 16.7 Å². The topological polar surface area (TPSA) is 26.0 Å². The van der Waals surface area contributed by atoms with Gasteiger partial charge in [0.05, 0.1) is 5.69 Å². The number of nitrogens with zero attached hydrogens (tertiary/aromatic N) is 1. The van der Waals surface area contributed by atoms with Crippen LogP contribution < -0.4 is 0 Å². The average Bonchev–Trinajstić information content (AvgIpc) is 3.12. The molecule has 2 heteroatoms. The molecule has 2 aromatic heterocycles. The summed E-state index contributed by atoms with van der Waals surface area (Å²) >= 11 is 0. The van der Waals surface area contributed by atoms with Crippen molar-refractivity contribution in [1.82, 2.24) is 4.98 Å². The maximum Gasteiger partial charge on any atom is 0.144 e. The molecule has 3 aromatic carbocycles. The van der Waals surface area contributed by atoms with E-state index < -0.39 is 0 Å². The van der Waals surface area contributed by atoms with Crippen LogP contribution in [-0.2, 0) is 5.41 Å². The minimum atomic E-state index is -0.113. The molecule has 0 fully saturated rings. The van der Waals surface area contributed by atoms with Gasteiger partial charge in [-0.05, 0) is 47.9 Å². The van der Waals surface area contributed by atoms with E-state index in [1.807, 2.05) is 6.20 Å². The molecule has 0 saturated heterocycles. The fraction of sp³-hybridized carbons (Fsp3) is 0.148. The second kappa shape index (κ2) is 6.59. The van der Waals surface area contributed by atoms with Crippen molar-refractivity contribution < 1.29 is 4.42 Å². The number of fused-ring (bicyclic) bond motifs is 3. The molecule has 2 heterocycles. The summed E-state index contributed by atoms with van der Waals surface area (Å²) in [5.74, 6) is 0. The van der Waals surface area contributed by atoms with E-state index in [-0.39, 0.29) is 5.41 Å². The van der Waals surface area contributed by atoms with Gasteiger partial charge in [0.25, 0.3) is 0 Å². The number of pyridine rings is 1. The third-order valence-corrected chi connectivity index (χ3v) is 5.91. The highest BCUT2D eigenvalue weighted by Crippen LogP contribution is 2.37. The van der Waals surface area contributed by atoms with E-state index in [2.05, 4.69) is 99.6 Å². The van der Waals surface area contributed by atoms with Gasteiger partial charge in [0.2, 0.25) is 0 Å². The number of aryl methyl sites for hydroxylation is 1. The molecular weight excluding hydrogens is 354 g/mol. The number of hydrogen-bond donors (Lipinski definition) is 0. The molecule has 0 aliphatic carbocycles. The standard InChI is InChI=1S/C27H23NO/c1-18-12-13-21-22-10-7-11-23(26(22)29-25(21)16-18)24-17-20(14-15-28-24)27(2,3)19-8-5-4-6-9-19/h4-17H,1-3H3. The first-order chi connectivity index (χ1) is 14.0. The molecule has 0 unspecified atom stereocenters. The Bertz CT molecular complexity index is 1330. The lowest BCUT2D eigenvalue weighted by atomic mass is 9.78. The maximum atomic E-state index is 6.29. The number of furan rings is 1. The first kappa shape index (κ1) is 17.7. The summed E-state index contributed by atoms with van der Waals surface area (Å²) in [6, 6.07) is 27.6. The van der Waals surface area contributed by atoms with Crippen molar-refractivity contribution in [1.29, 1.82) is 0 Å². The molecule has 142 valence electrons. The summed E-state index contributed by atoms with van der Waals surface area (Å²) < 4.78 is 6.29. The Kier molecular flexibility index (Phi) is 4.02. The highest BCUT2D eigenvalue weighted by Gasteiger charge is 2.24. The quantitative estimate of drug-likeness (QED) is 0.330. The Hall–Kier alpha value is -3.39. The zero-order valence-corrected chi connectivity index (χ0v) is 16.9. The van der Waals surface area contributed by atoms with Crippen molar-refractivity contribution in [2.24, 2.45) is 0 Å². The van der Waals surface area contributed by atoms with Crippen molar-refractivity contribution in [2.45, 2.75) is 26.2 Å². The molecule has 2 nitrogen and oxygen atoms in total. The number of benzene rings is 3. The van der Waals surface area contributed by atoms with Crippen LogP contribution in [0.5, 0.6) is 0 Å². The lowest BCUT2D eigenvalue weighted by molar-refractivity contribution is 0.640. The van der Waals surface area contributed by atoms with Crippen LogP contribution in [0.2, 0.25) is 0 Å². The molecule has 0 amide bonds. The first-order valence-corrected chi connectivity index (χ1v) is 9.98. The lowest BCUT2D eigenvalue weighted by Gasteiger charge is -2.26. The van der Waals surface area contributed by atoms with Gasteiger partial charge in [-0.25, -0.2) is 0 Å². The predicted octanol–water partition coefficient (Wildman–Crippen LogP) is 7.28. The molecule has 0 N–H and O–H groups in total. The Morgan fingerprint density at radius 1 is 0.759 bits per heavy atom. The first-order valence-electron chi connectivity index (χ1n) is 9.98. The number of aromatic nitrogens is 1. The normalized spacial score (nSPS) is 12.0. The van der Waals surface area contributed by atoms with E-state index in [4.69, 9.17) is 9.40 Å². The third-order valence-electron chi connectivity index (χ3n) is 5.91. The highest BCUT2D eigenvalue weighted by atomic mass is 16.3. The zero-order chi connectivity index (χ0) is 20.0. The van der Waals surface area contributed by atoms with Crippen molar-refractivity contribution in [3.63, 3.8) is 0 Å². The van der Waals surface area contributed by atoms with Crippen LogP contribution in [0.25, 0.3) is 33.2 Å². The summed E-state index contributed by atoms with van der Waals surface area (Å²) in [7, 11) is 0. The summed E-state index contributed by atoms with van der Waals surface area (Å²) in [6.45, 7) is 6.60. The molecular formula is C27H23NO. The van der Waals surface area contributed by atoms with E-state index in [0.29, 0.717) is 0 Å². The predicted molar refractivity (Wildman–Crippen MR) is 120 cm³/mol. The fourth-order valence-electron chi connectivity index (χ4n) is 4.10. The van der Waals surface area contributed by atoms with Gasteiger partial charge in [0.15, 0.2) is 0 Å². The maximum absolute atomic E-state index is 6.29. The monoisotopic (exact) mass is 377 g/mol. The van der Waals surface area contributed by atoms with Gasteiger partial charge in [0.1, 0.15) is 11.2 Å². The smallest absolute Gasteiger partial charge is 0.144 e. The largest absolute Gasteiger partial charge is 0.455 e. The molecule has 0 atom stereocenters. The van der Waals surface area contributed by atoms with Crippen LogP contribution in [0, 0.1) is 6.92 Å². The zero-order valence-electron chi connectivity index (χ0n) is 16.9. The van der Waals surface area contributed by atoms with Crippen LogP contribution >= 0.6 is 0 Å². The molecule has 5 rings (SSSR count). The van der Waals surface area contributed by atoms with Crippen LogP contribution in [-0.4, -0.2) is 4.98 Å². The molecule has 0 aliphatic rings. The Morgan fingerprint density at radius 3 is 2.41 bits per heavy atom. The second-order valence-corrected chi connectivity index (χ2v) is 8.20. The number of rotatable bonds is 3. The average molecular weight is 377 g/mol. The van der Waals surface area contributed by atoms with Crippen molar-refractivity contribution in [3.8, 4) is 11.3 Å². The van der Waals surface area contributed by atoms with E-state index in [1.54, 1.807) is 0 Å². The fourth-order valence-corrected chi connectivity index (χ4v) is 4.10. The minimum Gasteiger partial charge on any atom is -0.455 e.